The third kappa shape index (κ3) is 4.39. The molecule has 3 heterocycles. The lowest BCUT2D eigenvalue weighted by Crippen LogP contribution is -2.43. The van der Waals surface area contributed by atoms with Crippen LogP contribution in [-0.4, -0.2) is 41.9 Å². The molecule has 1 aliphatic rings. The van der Waals surface area contributed by atoms with Crippen molar-refractivity contribution in [2.75, 3.05) is 25.5 Å². The number of aryl methyl sites for hydroxylation is 1. The molecule has 1 atom stereocenters. The van der Waals surface area contributed by atoms with E-state index in [9.17, 15) is 9.59 Å². The van der Waals surface area contributed by atoms with Gasteiger partial charge in [-0.3, -0.25) is 9.59 Å². The number of amides is 2. The van der Waals surface area contributed by atoms with Crippen LogP contribution in [0, 0.1) is 12.8 Å². The molecule has 8 heteroatoms. The van der Waals surface area contributed by atoms with Crippen LogP contribution in [0.3, 0.4) is 0 Å². The SMILES string of the molecule is COc1ccc(-c2nc(NC(=O)C3CCCN(C(=O)c4cccs4)C3)sc2C)cc1. The summed E-state index contributed by atoms with van der Waals surface area (Å²) in [5.74, 6) is 0.499. The molecule has 0 saturated carbocycles. The number of benzene rings is 1. The van der Waals surface area contributed by atoms with Gasteiger partial charge in [0.05, 0.1) is 23.6 Å². The Morgan fingerprint density at radius 2 is 2.03 bits per heavy atom. The van der Waals surface area contributed by atoms with Crippen molar-refractivity contribution >= 4 is 39.6 Å². The first-order valence-corrected chi connectivity index (χ1v) is 11.5. The Hall–Kier alpha value is -2.71. The molecule has 1 aromatic carbocycles. The van der Waals surface area contributed by atoms with E-state index in [1.54, 1.807) is 12.0 Å². The molecule has 1 aliphatic heterocycles. The first kappa shape index (κ1) is 20.6. The molecule has 1 unspecified atom stereocenters. The van der Waals surface area contributed by atoms with Crippen molar-refractivity contribution in [3.63, 3.8) is 0 Å². The van der Waals surface area contributed by atoms with Crippen LogP contribution in [0.15, 0.2) is 41.8 Å². The molecule has 6 nitrogen and oxygen atoms in total. The van der Waals surface area contributed by atoms with Crippen molar-refractivity contribution in [2.24, 2.45) is 5.92 Å². The summed E-state index contributed by atoms with van der Waals surface area (Å²) in [5, 5.41) is 5.45. The Balaban J connectivity index is 1.42. The van der Waals surface area contributed by atoms with E-state index in [-0.39, 0.29) is 17.7 Å². The van der Waals surface area contributed by atoms with E-state index in [1.807, 2.05) is 48.7 Å². The number of ether oxygens (including phenoxy) is 1. The van der Waals surface area contributed by atoms with Gasteiger partial charge in [-0.05, 0) is 55.5 Å². The maximum Gasteiger partial charge on any atom is 0.263 e. The number of likely N-dealkylation sites (tertiary alicyclic amines) is 1. The van der Waals surface area contributed by atoms with Gasteiger partial charge in [0.25, 0.3) is 5.91 Å². The molecule has 3 aromatic rings. The highest BCUT2D eigenvalue weighted by Gasteiger charge is 2.29. The third-order valence-electron chi connectivity index (χ3n) is 5.20. The van der Waals surface area contributed by atoms with E-state index in [0.29, 0.717) is 18.2 Å². The largest absolute Gasteiger partial charge is 0.497 e. The van der Waals surface area contributed by atoms with Gasteiger partial charge in [-0.2, -0.15) is 0 Å². The summed E-state index contributed by atoms with van der Waals surface area (Å²) in [6, 6.07) is 11.4. The van der Waals surface area contributed by atoms with Crippen LogP contribution in [0.4, 0.5) is 5.13 Å². The molecule has 0 bridgehead atoms. The van der Waals surface area contributed by atoms with E-state index < -0.39 is 0 Å². The van der Waals surface area contributed by atoms with Crippen molar-refractivity contribution in [3.8, 4) is 17.0 Å². The predicted octanol–water partition coefficient (Wildman–Crippen LogP) is 4.68. The molecule has 4 rings (SSSR count). The fraction of sp³-hybridized carbons (Fsp3) is 0.318. The lowest BCUT2D eigenvalue weighted by molar-refractivity contribution is -0.121. The summed E-state index contributed by atoms with van der Waals surface area (Å²) in [4.78, 5) is 33.7. The zero-order valence-electron chi connectivity index (χ0n) is 16.9. The molecule has 2 amide bonds. The molecule has 1 saturated heterocycles. The van der Waals surface area contributed by atoms with Crippen molar-refractivity contribution in [2.45, 2.75) is 19.8 Å². The van der Waals surface area contributed by atoms with Crippen molar-refractivity contribution in [3.05, 3.63) is 51.5 Å². The molecular formula is C22H23N3O3S2. The highest BCUT2D eigenvalue weighted by atomic mass is 32.1. The van der Waals surface area contributed by atoms with Gasteiger partial charge in [-0.15, -0.1) is 22.7 Å². The van der Waals surface area contributed by atoms with E-state index >= 15 is 0 Å². The second-order valence-electron chi connectivity index (χ2n) is 7.21. The number of aromatic nitrogens is 1. The zero-order valence-corrected chi connectivity index (χ0v) is 18.5. The second kappa shape index (κ2) is 8.97. The number of thiophene rings is 1. The lowest BCUT2D eigenvalue weighted by Gasteiger charge is -2.31. The molecular weight excluding hydrogens is 418 g/mol. The number of hydrogen-bond donors (Lipinski definition) is 1. The number of nitrogens with one attached hydrogen (secondary N) is 1. The fourth-order valence-electron chi connectivity index (χ4n) is 3.61. The first-order chi connectivity index (χ1) is 14.5. The van der Waals surface area contributed by atoms with Gasteiger partial charge >= 0.3 is 0 Å². The number of nitrogens with zero attached hydrogens (tertiary/aromatic N) is 2. The van der Waals surface area contributed by atoms with Crippen LogP contribution in [-0.2, 0) is 4.79 Å². The standard InChI is InChI=1S/C22H23N3O3S2/c1-14-19(15-7-9-17(28-2)10-8-15)23-22(30-14)24-20(26)16-5-3-11-25(13-16)21(27)18-6-4-12-29-18/h4,6-10,12,16H,3,5,11,13H2,1-2H3,(H,23,24,26). The minimum absolute atomic E-state index is 0.00869. The molecule has 1 fully saturated rings. The molecule has 0 radical (unpaired) electrons. The minimum Gasteiger partial charge on any atom is -0.497 e. The highest BCUT2D eigenvalue weighted by molar-refractivity contribution is 7.16. The van der Waals surface area contributed by atoms with Crippen molar-refractivity contribution < 1.29 is 14.3 Å². The number of anilines is 1. The molecule has 0 spiro atoms. The van der Waals surface area contributed by atoms with Gasteiger partial charge in [-0.25, -0.2) is 4.98 Å². The summed E-state index contributed by atoms with van der Waals surface area (Å²) in [6.07, 6.45) is 1.60. The van der Waals surface area contributed by atoms with Gasteiger partial charge < -0.3 is 15.0 Å². The van der Waals surface area contributed by atoms with E-state index in [4.69, 9.17) is 4.74 Å². The molecule has 2 aromatic heterocycles. The summed E-state index contributed by atoms with van der Waals surface area (Å²) < 4.78 is 5.21. The van der Waals surface area contributed by atoms with E-state index in [1.165, 1.54) is 22.7 Å². The molecule has 0 aliphatic carbocycles. The summed E-state index contributed by atoms with van der Waals surface area (Å²) in [5.41, 5.74) is 1.84. The Bertz CT molecular complexity index is 1030. The van der Waals surface area contributed by atoms with E-state index in [2.05, 4.69) is 10.3 Å². The number of piperidine rings is 1. The van der Waals surface area contributed by atoms with Crippen LogP contribution in [0.1, 0.15) is 27.4 Å². The predicted molar refractivity (Wildman–Crippen MR) is 120 cm³/mol. The monoisotopic (exact) mass is 441 g/mol. The quantitative estimate of drug-likeness (QED) is 0.624. The Labute approximate surface area is 183 Å². The number of rotatable bonds is 5. The topological polar surface area (TPSA) is 71.5 Å². The summed E-state index contributed by atoms with van der Waals surface area (Å²) >= 11 is 2.90. The van der Waals surface area contributed by atoms with Crippen LogP contribution >= 0.6 is 22.7 Å². The average molecular weight is 442 g/mol. The van der Waals surface area contributed by atoms with Gasteiger partial charge in [-0.1, -0.05) is 6.07 Å². The number of hydrogen-bond acceptors (Lipinski definition) is 6. The average Bonchev–Trinajstić information content (AvgIpc) is 3.43. The van der Waals surface area contributed by atoms with Crippen LogP contribution in [0.5, 0.6) is 5.75 Å². The Morgan fingerprint density at radius 3 is 2.73 bits per heavy atom. The number of carbonyl (C=O) groups excluding carboxylic acids is 2. The maximum atomic E-state index is 12.9. The highest BCUT2D eigenvalue weighted by Crippen LogP contribution is 2.32. The van der Waals surface area contributed by atoms with Gasteiger partial charge in [0.15, 0.2) is 5.13 Å². The Kier molecular flexibility index (Phi) is 6.15. The van der Waals surface area contributed by atoms with Crippen LogP contribution < -0.4 is 10.1 Å². The van der Waals surface area contributed by atoms with Crippen LogP contribution in [0.2, 0.25) is 0 Å². The summed E-state index contributed by atoms with van der Waals surface area (Å²) in [6.45, 7) is 3.13. The normalized spacial score (nSPS) is 16.3. The van der Waals surface area contributed by atoms with Gasteiger partial charge in [0.1, 0.15) is 5.75 Å². The lowest BCUT2D eigenvalue weighted by atomic mass is 9.97. The van der Waals surface area contributed by atoms with Crippen molar-refractivity contribution in [1.29, 1.82) is 0 Å². The van der Waals surface area contributed by atoms with Crippen LogP contribution in [0.25, 0.3) is 11.3 Å². The number of thiazole rings is 1. The summed E-state index contributed by atoms with van der Waals surface area (Å²) in [7, 11) is 1.64. The minimum atomic E-state index is -0.226. The Morgan fingerprint density at radius 1 is 1.23 bits per heavy atom. The molecule has 1 N–H and O–H groups in total. The third-order valence-corrected chi connectivity index (χ3v) is 6.95. The smallest absolute Gasteiger partial charge is 0.263 e. The number of carbonyl (C=O) groups is 2. The first-order valence-electron chi connectivity index (χ1n) is 9.80. The van der Waals surface area contributed by atoms with Crippen molar-refractivity contribution in [1.82, 2.24) is 9.88 Å². The number of methoxy groups -OCH3 is 1. The van der Waals surface area contributed by atoms with E-state index in [0.717, 1.165) is 39.6 Å². The van der Waals surface area contributed by atoms with Gasteiger partial charge in [0, 0.05) is 23.5 Å². The second-order valence-corrected chi connectivity index (χ2v) is 9.36. The molecule has 156 valence electrons. The van der Waals surface area contributed by atoms with Gasteiger partial charge in [0.2, 0.25) is 5.91 Å². The fourth-order valence-corrected chi connectivity index (χ4v) is 5.14. The zero-order chi connectivity index (χ0) is 21.1. The maximum absolute atomic E-state index is 12.9. The molecule has 30 heavy (non-hydrogen) atoms.